The van der Waals surface area contributed by atoms with Crippen LogP contribution >= 0.6 is 0 Å². The third-order valence-electron chi connectivity index (χ3n) is 6.85. The first-order valence-electron chi connectivity index (χ1n) is 10.7. The Bertz CT molecular complexity index is 636. The highest BCUT2D eigenvalue weighted by Gasteiger charge is 2.44. The highest BCUT2D eigenvalue weighted by molar-refractivity contribution is 6.74. The van der Waals surface area contributed by atoms with Gasteiger partial charge in [-0.3, -0.25) is 4.79 Å². The van der Waals surface area contributed by atoms with E-state index in [1.807, 2.05) is 6.08 Å². The van der Waals surface area contributed by atoms with Crippen molar-refractivity contribution in [2.45, 2.75) is 110 Å². The van der Waals surface area contributed by atoms with Crippen LogP contribution in [0.5, 0.6) is 0 Å². The van der Waals surface area contributed by atoms with E-state index in [9.17, 15) is 4.79 Å². The topological polar surface area (TPSA) is 44.8 Å². The summed E-state index contributed by atoms with van der Waals surface area (Å²) in [6.07, 6.45) is 3.65. The van der Waals surface area contributed by atoms with Crippen molar-refractivity contribution in [3.8, 4) is 0 Å². The molecule has 1 saturated carbocycles. The number of carbonyl (C=O) groups excluding carboxylic acids is 1. The zero-order chi connectivity index (χ0) is 22.8. The van der Waals surface area contributed by atoms with E-state index < -0.39 is 16.6 Å². The molecule has 0 aromatic rings. The first kappa shape index (κ1) is 26.3. The minimum absolute atomic E-state index is 0.0528. The summed E-state index contributed by atoms with van der Waals surface area (Å²) in [4.78, 5) is 11.2. The van der Waals surface area contributed by atoms with Gasteiger partial charge in [0.1, 0.15) is 6.61 Å². The van der Waals surface area contributed by atoms with Gasteiger partial charge in [0.05, 0.1) is 12.2 Å². The lowest BCUT2D eigenvalue weighted by molar-refractivity contribution is -0.139. The molecule has 4 nitrogen and oxygen atoms in total. The highest BCUT2D eigenvalue weighted by Crippen LogP contribution is 2.43. The molecule has 1 aliphatic rings. The van der Waals surface area contributed by atoms with Gasteiger partial charge in [-0.05, 0) is 59.9 Å². The van der Waals surface area contributed by atoms with Crippen molar-refractivity contribution < 1.29 is 18.4 Å². The lowest BCUT2D eigenvalue weighted by atomic mass is 9.86. The predicted octanol–water partition coefficient (Wildman–Crippen LogP) is 6.61. The largest absolute Gasteiger partial charge is 0.462 e. The molecule has 1 aliphatic carbocycles. The number of carbonyl (C=O) groups is 1. The Hall–Kier alpha value is -0.696. The molecule has 29 heavy (non-hydrogen) atoms. The Morgan fingerprint density at radius 2 is 1.52 bits per heavy atom. The molecule has 2 atom stereocenters. The van der Waals surface area contributed by atoms with Crippen LogP contribution in [0.4, 0.5) is 0 Å². The Balaban J connectivity index is 3.14. The van der Waals surface area contributed by atoms with Gasteiger partial charge in [-0.2, -0.15) is 0 Å². The molecule has 6 heteroatoms. The number of ether oxygens (including phenoxy) is 1. The number of rotatable bonds is 6. The summed E-state index contributed by atoms with van der Waals surface area (Å²) in [5.41, 5.74) is 2.11. The van der Waals surface area contributed by atoms with Crippen LogP contribution in [0.2, 0.25) is 36.3 Å². The molecule has 0 unspecified atom stereocenters. The number of hydrogen-bond donors (Lipinski definition) is 0. The molecule has 0 saturated heterocycles. The van der Waals surface area contributed by atoms with E-state index in [-0.39, 0.29) is 34.9 Å². The van der Waals surface area contributed by atoms with Gasteiger partial charge in [0, 0.05) is 13.3 Å². The fraction of sp³-hybridized carbons (Fsp3) is 0.783. The minimum atomic E-state index is -1.96. The normalized spacial score (nSPS) is 23.4. The van der Waals surface area contributed by atoms with Crippen LogP contribution in [0.3, 0.4) is 0 Å². The zero-order valence-corrected chi connectivity index (χ0v) is 22.7. The highest BCUT2D eigenvalue weighted by atomic mass is 28.4. The summed E-state index contributed by atoms with van der Waals surface area (Å²) in [6.45, 7) is 28.8. The number of hydrogen-bond acceptors (Lipinski definition) is 4. The Morgan fingerprint density at radius 1 is 1.03 bits per heavy atom. The average molecular weight is 441 g/mol. The lowest BCUT2D eigenvalue weighted by Gasteiger charge is -2.45. The molecular weight excluding hydrogens is 396 g/mol. The fourth-order valence-electron chi connectivity index (χ4n) is 2.86. The van der Waals surface area contributed by atoms with Gasteiger partial charge < -0.3 is 13.6 Å². The summed E-state index contributed by atoms with van der Waals surface area (Å²) < 4.78 is 18.7. The van der Waals surface area contributed by atoms with Crippen molar-refractivity contribution in [2.24, 2.45) is 0 Å². The second kappa shape index (κ2) is 9.20. The van der Waals surface area contributed by atoms with Gasteiger partial charge in [-0.15, -0.1) is 0 Å². The van der Waals surface area contributed by atoms with Crippen LogP contribution in [0.1, 0.15) is 61.3 Å². The molecule has 0 amide bonds. The van der Waals surface area contributed by atoms with Gasteiger partial charge in [0.2, 0.25) is 0 Å². The summed E-state index contributed by atoms with van der Waals surface area (Å²) in [5.74, 6) is -0.272. The molecule has 168 valence electrons. The Kier molecular flexibility index (Phi) is 8.36. The van der Waals surface area contributed by atoms with Gasteiger partial charge in [0.25, 0.3) is 0 Å². The van der Waals surface area contributed by atoms with Crippen molar-refractivity contribution in [3.05, 3.63) is 23.8 Å². The second-order valence-corrected chi connectivity index (χ2v) is 20.9. The molecule has 1 rings (SSSR count). The third kappa shape index (κ3) is 7.19. The van der Waals surface area contributed by atoms with Crippen molar-refractivity contribution in [1.82, 2.24) is 0 Å². The van der Waals surface area contributed by atoms with Crippen LogP contribution in [0.15, 0.2) is 23.8 Å². The summed E-state index contributed by atoms with van der Waals surface area (Å²) in [6, 6.07) is 0. The molecule has 0 aromatic carbocycles. The SMILES string of the molecule is C=C1/C(=C\COC(C)=O)C[C@@H](O[Si](C)(C)C(C)(C)C)C[C@H]1O[Si](C)(C)C(C)(C)C. The van der Waals surface area contributed by atoms with Crippen molar-refractivity contribution in [1.29, 1.82) is 0 Å². The molecule has 0 bridgehead atoms. The molecular formula is C23H44O4Si2. The molecule has 0 heterocycles. The fourth-order valence-corrected chi connectivity index (χ4v) is 5.53. The number of esters is 1. The molecule has 1 fully saturated rings. The van der Waals surface area contributed by atoms with E-state index in [1.54, 1.807) is 0 Å². The van der Waals surface area contributed by atoms with E-state index in [2.05, 4.69) is 74.3 Å². The summed E-state index contributed by atoms with van der Waals surface area (Å²) >= 11 is 0. The summed E-state index contributed by atoms with van der Waals surface area (Å²) in [7, 11) is -3.86. The smallest absolute Gasteiger partial charge is 0.302 e. The standard InChI is InChI=1S/C23H44O4Si2/c1-17-19(13-14-25-18(2)24)15-20(26-28(9,10)22(3,4)5)16-21(17)27-29(11,12)23(6,7)8/h13,20-21H,1,14-16H2,2-12H3/b19-13-/t20-,21-/m1/s1. The van der Waals surface area contributed by atoms with Gasteiger partial charge >= 0.3 is 5.97 Å². The maximum absolute atomic E-state index is 11.2. The molecule has 0 aromatic heterocycles. The molecule has 0 spiro atoms. The first-order valence-corrected chi connectivity index (χ1v) is 16.6. The zero-order valence-electron chi connectivity index (χ0n) is 20.7. The van der Waals surface area contributed by atoms with Crippen molar-refractivity contribution in [2.75, 3.05) is 6.61 Å². The molecule has 0 radical (unpaired) electrons. The Labute approximate surface area is 181 Å². The maximum atomic E-state index is 11.2. The van der Waals surface area contributed by atoms with Gasteiger partial charge in [0.15, 0.2) is 16.6 Å². The Morgan fingerprint density at radius 3 is 1.97 bits per heavy atom. The third-order valence-corrected chi connectivity index (χ3v) is 15.9. The molecule has 0 N–H and O–H groups in total. The van der Waals surface area contributed by atoms with E-state index in [1.165, 1.54) is 6.92 Å². The van der Waals surface area contributed by atoms with Crippen LogP contribution in [-0.2, 0) is 18.4 Å². The van der Waals surface area contributed by atoms with Crippen LogP contribution in [0, 0.1) is 0 Å². The lowest BCUT2D eigenvalue weighted by Crippen LogP contribution is -2.49. The van der Waals surface area contributed by atoms with Crippen LogP contribution in [0.25, 0.3) is 0 Å². The summed E-state index contributed by atoms with van der Waals surface area (Å²) in [5, 5.41) is 0.279. The average Bonchev–Trinajstić information content (AvgIpc) is 2.48. The molecule has 0 aliphatic heterocycles. The van der Waals surface area contributed by atoms with Crippen LogP contribution in [-0.4, -0.2) is 41.4 Å². The first-order chi connectivity index (χ1) is 12.9. The van der Waals surface area contributed by atoms with E-state index in [4.69, 9.17) is 13.6 Å². The monoisotopic (exact) mass is 440 g/mol. The van der Waals surface area contributed by atoms with E-state index >= 15 is 0 Å². The van der Waals surface area contributed by atoms with E-state index in [0.29, 0.717) is 0 Å². The van der Waals surface area contributed by atoms with Crippen molar-refractivity contribution in [3.63, 3.8) is 0 Å². The minimum Gasteiger partial charge on any atom is -0.462 e. The van der Waals surface area contributed by atoms with Gasteiger partial charge in [-0.25, -0.2) is 0 Å². The van der Waals surface area contributed by atoms with Gasteiger partial charge in [-0.1, -0.05) is 48.1 Å². The maximum Gasteiger partial charge on any atom is 0.302 e. The second-order valence-electron chi connectivity index (χ2n) is 11.4. The predicted molar refractivity (Wildman–Crippen MR) is 127 cm³/mol. The van der Waals surface area contributed by atoms with Crippen molar-refractivity contribution >= 4 is 22.6 Å². The quantitative estimate of drug-likeness (QED) is 0.344. The van der Waals surface area contributed by atoms with E-state index in [0.717, 1.165) is 24.0 Å². The van der Waals surface area contributed by atoms with Crippen LogP contribution < -0.4 is 0 Å².